The molecule has 1 saturated heterocycles. The van der Waals surface area contributed by atoms with Gasteiger partial charge < -0.3 is 10.2 Å². The van der Waals surface area contributed by atoms with Crippen molar-refractivity contribution in [3.05, 3.63) is 0 Å². The van der Waals surface area contributed by atoms with Crippen LogP contribution in [-0.2, 0) is 0 Å². The molecule has 0 aromatic rings. The predicted molar refractivity (Wildman–Crippen MR) is 83.4 cm³/mol. The first-order valence-electron chi connectivity index (χ1n) is 8.69. The number of nitrogens with one attached hydrogen (secondary N) is 1. The quantitative estimate of drug-likeness (QED) is 0.642. The molecule has 2 heteroatoms. The van der Waals surface area contributed by atoms with Crippen molar-refractivity contribution in [1.82, 2.24) is 10.2 Å². The highest BCUT2D eigenvalue weighted by atomic mass is 15.2. The Labute approximate surface area is 120 Å². The molecular weight excluding hydrogens is 232 g/mol. The Bertz CT molecular complexity index is 227. The van der Waals surface area contributed by atoms with Gasteiger partial charge in [0.1, 0.15) is 0 Å². The lowest BCUT2D eigenvalue weighted by molar-refractivity contribution is 0.302. The Morgan fingerprint density at radius 2 is 1.68 bits per heavy atom. The summed E-state index contributed by atoms with van der Waals surface area (Å²) in [6.07, 6.45) is 10.2. The molecule has 1 N–H and O–H groups in total. The highest BCUT2D eigenvalue weighted by Gasteiger charge is 2.35. The third kappa shape index (κ3) is 5.43. The van der Waals surface area contributed by atoms with Crippen LogP contribution in [-0.4, -0.2) is 37.6 Å². The summed E-state index contributed by atoms with van der Waals surface area (Å²) in [6.45, 7) is 11.1. The molecule has 1 aliphatic heterocycles. The van der Waals surface area contributed by atoms with E-state index >= 15 is 0 Å². The van der Waals surface area contributed by atoms with Crippen LogP contribution in [0.15, 0.2) is 0 Å². The molecule has 1 saturated carbocycles. The standard InChI is InChI=1S/C17H34N2/c1-15(2)12-18-10-5-3-4-6-11-19-13-16-8-7-9-17(16)14-19/h15-18H,3-14H2,1-2H3. The van der Waals surface area contributed by atoms with E-state index < -0.39 is 0 Å². The smallest absolute Gasteiger partial charge is 0.00129 e. The molecule has 0 radical (unpaired) electrons. The minimum Gasteiger partial charge on any atom is -0.316 e. The second-order valence-electron chi connectivity index (χ2n) is 7.22. The van der Waals surface area contributed by atoms with E-state index in [2.05, 4.69) is 24.1 Å². The van der Waals surface area contributed by atoms with Crippen molar-refractivity contribution in [2.45, 2.75) is 58.8 Å². The van der Waals surface area contributed by atoms with Crippen molar-refractivity contribution in [2.24, 2.45) is 17.8 Å². The molecule has 2 fully saturated rings. The first-order valence-corrected chi connectivity index (χ1v) is 8.69. The van der Waals surface area contributed by atoms with Crippen LogP contribution in [0.1, 0.15) is 58.8 Å². The van der Waals surface area contributed by atoms with Gasteiger partial charge in [-0.25, -0.2) is 0 Å². The summed E-state index contributed by atoms with van der Waals surface area (Å²) in [6, 6.07) is 0. The lowest BCUT2D eigenvalue weighted by Crippen LogP contribution is -2.23. The maximum Gasteiger partial charge on any atom is 0.00129 e. The van der Waals surface area contributed by atoms with Gasteiger partial charge in [0.05, 0.1) is 0 Å². The van der Waals surface area contributed by atoms with Crippen LogP contribution in [0.2, 0.25) is 0 Å². The zero-order valence-electron chi connectivity index (χ0n) is 13.2. The monoisotopic (exact) mass is 266 g/mol. The van der Waals surface area contributed by atoms with Gasteiger partial charge in [-0.05, 0) is 63.1 Å². The van der Waals surface area contributed by atoms with E-state index in [-0.39, 0.29) is 0 Å². The van der Waals surface area contributed by atoms with Gasteiger partial charge in [0, 0.05) is 13.1 Å². The Balaban J connectivity index is 1.39. The number of rotatable bonds is 9. The van der Waals surface area contributed by atoms with Crippen molar-refractivity contribution < 1.29 is 0 Å². The normalized spacial score (nSPS) is 27.3. The van der Waals surface area contributed by atoms with Crippen LogP contribution < -0.4 is 5.32 Å². The average Bonchev–Trinajstić information content (AvgIpc) is 2.92. The van der Waals surface area contributed by atoms with Gasteiger partial charge in [-0.3, -0.25) is 0 Å². The van der Waals surface area contributed by atoms with Gasteiger partial charge in [-0.1, -0.05) is 33.1 Å². The molecule has 2 aliphatic rings. The lowest BCUT2D eigenvalue weighted by atomic mass is 10.0. The number of hydrogen-bond donors (Lipinski definition) is 1. The van der Waals surface area contributed by atoms with Crippen molar-refractivity contribution in [1.29, 1.82) is 0 Å². The molecule has 1 heterocycles. The molecule has 0 amide bonds. The maximum absolute atomic E-state index is 3.53. The summed E-state index contributed by atoms with van der Waals surface area (Å²) < 4.78 is 0. The van der Waals surface area contributed by atoms with Crippen LogP contribution in [0.5, 0.6) is 0 Å². The minimum atomic E-state index is 0.787. The molecule has 1 aliphatic carbocycles. The average molecular weight is 266 g/mol. The number of unbranched alkanes of at least 4 members (excludes halogenated alkanes) is 3. The second-order valence-corrected chi connectivity index (χ2v) is 7.22. The summed E-state index contributed by atoms with van der Waals surface area (Å²) in [7, 11) is 0. The highest BCUT2D eigenvalue weighted by molar-refractivity contribution is 4.88. The van der Waals surface area contributed by atoms with E-state index in [4.69, 9.17) is 0 Å². The fraction of sp³-hybridized carbons (Fsp3) is 1.00. The lowest BCUT2D eigenvalue weighted by Gasteiger charge is -2.16. The zero-order valence-corrected chi connectivity index (χ0v) is 13.2. The van der Waals surface area contributed by atoms with Crippen LogP contribution in [0, 0.1) is 17.8 Å². The molecular formula is C17H34N2. The molecule has 0 aromatic heterocycles. The fourth-order valence-corrected chi connectivity index (χ4v) is 3.84. The van der Waals surface area contributed by atoms with Crippen LogP contribution in [0.25, 0.3) is 0 Å². The van der Waals surface area contributed by atoms with Crippen molar-refractivity contribution >= 4 is 0 Å². The minimum absolute atomic E-state index is 0.787. The number of hydrogen-bond acceptors (Lipinski definition) is 2. The number of fused-ring (bicyclic) bond motifs is 1. The predicted octanol–water partition coefficient (Wildman–Crippen LogP) is 3.52. The Hall–Kier alpha value is -0.0800. The molecule has 2 nitrogen and oxygen atoms in total. The SMILES string of the molecule is CC(C)CNCCCCCCN1CC2CCCC2C1. The molecule has 0 spiro atoms. The summed E-state index contributed by atoms with van der Waals surface area (Å²) in [5.74, 6) is 2.93. The highest BCUT2D eigenvalue weighted by Crippen LogP contribution is 2.37. The van der Waals surface area contributed by atoms with E-state index in [1.807, 2.05) is 0 Å². The van der Waals surface area contributed by atoms with Crippen molar-refractivity contribution in [3.8, 4) is 0 Å². The van der Waals surface area contributed by atoms with E-state index in [1.54, 1.807) is 0 Å². The van der Waals surface area contributed by atoms with Crippen molar-refractivity contribution in [3.63, 3.8) is 0 Å². The Kier molecular flexibility index (Phi) is 6.66. The maximum atomic E-state index is 3.53. The van der Waals surface area contributed by atoms with Crippen LogP contribution in [0.4, 0.5) is 0 Å². The summed E-state index contributed by atoms with van der Waals surface area (Å²) in [5, 5.41) is 3.53. The van der Waals surface area contributed by atoms with Gasteiger partial charge in [-0.2, -0.15) is 0 Å². The summed E-state index contributed by atoms with van der Waals surface area (Å²) >= 11 is 0. The van der Waals surface area contributed by atoms with Crippen molar-refractivity contribution in [2.75, 3.05) is 32.7 Å². The van der Waals surface area contributed by atoms with Gasteiger partial charge in [-0.15, -0.1) is 0 Å². The van der Waals surface area contributed by atoms with E-state index in [9.17, 15) is 0 Å². The fourth-order valence-electron chi connectivity index (χ4n) is 3.84. The molecule has 2 unspecified atom stereocenters. The third-order valence-electron chi connectivity index (χ3n) is 4.93. The Morgan fingerprint density at radius 1 is 1.00 bits per heavy atom. The van der Waals surface area contributed by atoms with E-state index in [0.717, 1.165) is 17.8 Å². The molecule has 2 rings (SSSR count). The topological polar surface area (TPSA) is 15.3 Å². The van der Waals surface area contributed by atoms with Gasteiger partial charge in [0.15, 0.2) is 0 Å². The summed E-state index contributed by atoms with van der Waals surface area (Å²) in [5.41, 5.74) is 0. The first kappa shape index (κ1) is 15.3. The molecule has 2 atom stereocenters. The van der Waals surface area contributed by atoms with E-state index in [0.29, 0.717) is 0 Å². The largest absolute Gasteiger partial charge is 0.316 e. The molecule has 0 aromatic carbocycles. The third-order valence-corrected chi connectivity index (χ3v) is 4.93. The molecule has 0 bridgehead atoms. The van der Waals surface area contributed by atoms with Gasteiger partial charge in [0.2, 0.25) is 0 Å². The van der Waals surface area contributed by atoms with Crippen LogP contribution >= 0.6 is 0 Å². The number of nitrogens with zero attached hydrogens (tertiary/aromatic N) is 1. The summed E-state index contributed by atoms with van der Waals surface area (Å²) in [4.78, 5) is 2.74. The number of likely N-dealkylation sites (tertiary alicyclic amines) is 1. The zero-order chi connectivity index (χ0) is 13.5. The van der Waals surface area contributed by atoms with Gasteiger partial charge >= 0.3 is 0 Å². The molecule has 19 heavy (non-hydrogen) atoms. The van der Waals surface area contributed by atoms with Gasteiger partial charge in [0.25, 0.3) is 0 Å². The first-order chi connectivity index (χ1) is 9.25. The second kappa shape index (κ2) is 8.26. The molecule has 112 valence electrons. The van der Waals surface area contributed by atoms with E-state index in [1.165, 1.54) is 77.7 Å². The van der Waals surface area contributed by atoms with Crippen LogP contribution in [0.3, 0.4) is 0 Å². The Morgan fingerprint density at radius 3 is 2.37 bits per heavy atom.